The van der Waals surface area contributed by atoms with Crippen LogP contribution in [0.4, 0.5) is 0 Å². The van der Waals surface area contributed by atoms with Crippen LogP contribution in [0.15, 0.2) is 30.3 Å². The molecule has 5 heteroatoms. The van der Waals surface area contributed by atoms with E-state index in [0.717, 1.165) is 5.56 Å². The SMILES string of the molecule is O=C1NCC1[S+]([O-])NCc1ccccc1. The monoisotopic (exact) mass is 224 g/mol. The van der Waals surface area contributed by atoms with Crippen LogP contribution in [-0.4, -0.2) is 22.3 Å². The fourth-order valence-corrected chi connectivity index (χ4v) is 2.32. The second-order valence-electron chi connectivity index (χ2n) is 3.34. The van der Waals surface area contributed by atoms with E-state index < -0.39 is 11.4 Å². The summed E-state index contributed by atoms with van der Waals surface area (Å²) >= 11 is -1.27. The van der Waals surface area contributed by atoms with Gasteiger partial charge in [0.2, 0.25) is 5.25 Å². The topological polar surface area (TPSA) is 64.2 Å². The van der Waals surface area contributed by atoms with Gasteiger partial charge in [0, 0.05) is 0 Å². The molecule has 1 aromatic carbocycles. The zero-order valence-corrected chi connectivity index (χ0v) is 8.92. The van der Waals surface area contributed by atoms with Gasteiger partial charge in [0.25, 0.3) is 5.91 Å². The van der Waals surface area contributed by atoms with Crippen molar-refractivity contribution in [1.82, 2.24) is 10.0 Å². The highest BCUT2D eigenvalue weighted by atomic mass is 32.2. The molecule has 2 N–H and O–H groups in total. The Kier molecular flexibility index (Phi) is 3.25. The van der Waals surface area contributed by atoms with Gasteiger partial charge in [0.05, 0.1) is 24.5 Å². The van der Waals surface area contributed by atoms with Crippen molar-refractivity contribution in [3.63, 3.8) is 0 Å². The molecule has 2 unspecified atom stereocenters. The summed E-state index contributed by atoms with van der Waals surface area (Å²) in [6.07, 6.45) is 0. The van der Waals surface area contributed by atoms with Crippen LogP contribution < -0.4 is 10.0 Å². The Morgan fingerprint density at radius 1 is 1.47 bits per heavy atom. The highest BCUT2D eigenvalue weighted by molar-refractivity contribution is 7.91. The van der Waals surface area contributed by atoms with Gasteiger partial charge in [-0.15, -0.1) is 4.72 Å². The highest BCUT2D eigenvalue weighted by Crippen LogP contribution is 2.07. The molecule has 1 aromatic rings. The van der Waals surface area contributed by atoms with Gasteiger partial charge in [0.1, 0.15) is 0 Å². The maximum absolute atomic E-state index is 11.5. The van der Waals surface area contributed by atoms with E-state index in [1.165, 1.54) is 0 Å². The first-order chi connectivity index (χ1) is 7.27. The zero-order valence-electron chi connectivity index (χ0n) is 8.10. The molecule has 1 amide bonds. The van der Waals surface area contributed by atoms with Crippen molar-refractivity contribution in [2.45, 2.75) is 11.8 Å². The van der Waals surface area contributed by atoms with Crippen molar-refractivity contribution in [3.05, 3.63) is 35.9 Å². The van der Waals surface area contributed by atoms with Gasteiger partial charge in [-0.05, 0) is 5.56 Å². The van der Waals surface area contributed by atoms with Crippen molar-refractivity contribution in [1.29, 1.82) is 0 Å². The second-order valence-corrected chi connectivity index (χ2v) is 4.79. The fourth-order valence-electron chi connectivity index (χ4n) is 1.29. The fraction of sp³-hybridized carbons (Fsp3) is 0.300. The van der Waals surface area contributed by atoms with E-state index in [2.05, 4.69) is 10.0 Å². The van der Waals surface area contributed by atoms with E-state index in [1.54, 1.807) is 0 Å². The number of β-lactam (4-membered cyclic amide) rings is 1. The quantitative estimate of drug-likeness (QED) is 0.556. The molecule has 0 aromatic heterocycles. The van der Waals surface area contributed by atoms with Gasteiger partial charge in [-0.3, -0.25) is 4.79 Å². The number of carbonyl (C=O) groups is 1. The molecule has 2 atom stereocenters. The van der Waals surface area contributed by atoms with E-state index in [0.29, 0.717) is 13.1 Å². The van der Waals surface area contributed by atoms with Crippen molar-refractivity contribution < 1.29 is 9.35 Å². The third-order valence-corrected chi connectivity index (χ3v) is 3.60. The molecule has 0 aliphatic carbocycles. The number of hydrogen-bond donors (Lipinski definition) is 2. The Morgan fingerprint density at radius 2 is 2.20 bits per heavy atom. The van der Waals surface area contributed by atoms with Crippen molar-refractivity contribution >= 4 is 17.3 Å². The molecule has 1 fully saturated rings. The molecule has 1 aliphatic heterocycles. The molecule has 15 heavy (non-hydrogen) atoms. The minimum atomic E-state index is -1.27. The molecular weight excluding hydrogens is 212 g/mol. The summed E-state index contributed by atoms with van der Waals surface area (Å²) < 4.78 is 14.4. The van der Waals surface area contributed by atoms with Gasteiger partial charge in [-0.1, -0.05) is 30.3 Å². The average molecular weight is 224 g/mol. The number of nitrogens with one attached hydrogen (secondary N) is 2. The Hall–Kier alpha value is -1.04. The summed E-state index contributed by atoms with van der Waals surface area (Å²) in [7, 11) is 0. The Labute approximate surface area is 91.4 Å². The van der Waals surface area contributed by atoms with Gasteiger partial charge in [-0.25, -0.2) is 0 Å². The van der Waals surface area contributed by atoms with E-state index in [-0.39, 0.29) is 11.2 Å². The number of amides is 1. The van der Waals surface area contributed by atoms with Crippen LogP contribution in [0.3, 0.4) is 0 Å². The molecule has 0 bridgehead atoms. The first kappa shape index (κ1) is 10.5. The number of benzene rings is 1. The smallest absolute Gasteiger partial charge is 0.277 e. The summed E-state index contributed by atoms with van der Waals surface area (Å²) in [6, 6.07) is 9.68. The molecule has 0 spiro atoms. The largest absolute Gasteiger partial charge is 0.597 e. The zero-order chi connectivity index (χ0) is 10.7. The van der Waals surface area contributed by atoms with Crippen LogP contribution in [0.1, 0.15) is 5.56 Å². The van der Waals surface area contributed by atoms with Crippen LogP contribution in [0.25, 0.3) is 0 Å². The third kappa shape index (κ3) is 2.50. The summed E-state index contributed by atoms with van der Waals surface area (Å²) in [5.74, 6) is -0.131. The average Bonchev–Trinajstić information content (AvgIpc) is 2.26. The Bertz CT molecular complexity index is 345. The summed E-state index contributed by atoms with van der Waals surface area (Å²) in [5, 5.41) is 2.18. The lowest BCUT2D eigenvalue weighted by atomic mass is 10.2. The molecule has 1 saturated heterocycles. The van der Waals surface area contributed by atoms with E-state index in [1.807, 2.05) is 30.3 Å². The summed E-state index contributed by atoms with van der Waals surface area (Å²) in [6.45, 7) is 1.03. The van der Waals surface area contributed by atoms with Crippen molar-refractivity contribution in [2.75, 3.05) is 6.54 Å². The molecule has 1 aliphatic rings. The van der Waals surface area contributed by atoms with Crippen LogP contribution in [0.5, 0.6) is 0 Å². The van der Waals surface area contributed by atoms with Gasteiger partial charge in [-0.2, -0.15) is 0 Å². The van der Waals surface area contributed by atoms with Crippen LogP contribution in [-0.2, 0) is 22.7 Å². The molecule has 4 nitrogen and oxygen atoms in total. The van der Waals surface area contributed by atoms with Crippen LogP contribution >= 0.6 is 0 Å². The standard InChI is InChI=1S/C10H12N2O2S/c13-10-9(7-11-10)15(14)12-6-8-4-2-1-3-5-8/h1-5,9,12H,6-7H2,(H,11,13). The van der Waals surface area contributed by atoms with Gasteiger partial charge in [0.15, 0.2) is 0 Å². The number of hydrogen-bond acceptors (Lipinski definition) is 3. The molecule has 0 saturated carbocycles. The first-order valence-corrected chi connectivity index (χ1v) is 5.94. The predicted molar refractivity (Wildman–Crippen MR) is 58.2 cm³/mol. The first-order valence-electron chi connectivity index (χ1n) is 4.73. The second kappa shape index (κ2) is 4.65. The van der Waals surface area contributed by atoms with Crippen LogP contribution in [0, 0.1) is 0 Å². The molecule has 1 heterocycles. The number of carbonyl (C=O) groups excluding carboxylic acids is 1. The van der Waals surface area contributed by atoms with E-state index in [4.69, 9.17) is 0 Å². The maximum atomic E-state index is 11.5. The number of rotatable bonds is 4. The highest BCUT2D eigenvalue weighted by Gasteiger charge is 2.38. The predicted octanol–water partition coefficient (Wildman–Crippen LogP) is -0.0617. The van der Waals surface area contributed by atoms with Crippen molar-refractivity contribution in [2.24, 2.45) is 0 Å². The summed E-state index contributed by atoms with van der Waals surface area (Å²) in [5.41, 5.74) is 1.06. The van der Waals surface area contributed by atoms with Gasteiger partial charge >= 0.3 is 0 Å². The minimum Gasteiger partial charge on any atom is -0.597 e. The molecule has 80 valence electrons. The van der Waals surface area contributed by atoms with Crippen LogP contribution in [0.2, 0.25) is 0 Å². The molecular formula is C10H12N2O2S. The molecule has 2 rings (SSSR count). The van der Waals surface area contributed by atoms with E-state index in [9.17, 15) is 9.35 Å². The summed E-state index contributed by atoms with van der Waals surface area (Å²) in [4.78, 5) is 10.9. The maximum Gasteiger partial charge on any atom is 0.277 e. The van der Waals surface area contributed by atoms with E-state index >= 15 is 0 Å². The lowest BCUT2D eigenvalue weighted by Crippen LogP contribution is -2.59. The lowest BCUT2D eigenvalue weighted by Gasteiger charge is -2.27. The third-order valence-electron chi connectivity index (χ3n) is 2.27. The minimum absolute atomic E-state index is 0.131. The lowest BCUT2D eigenvalue weighted by molar-refractivity contribution is -0.124. The van der Waals surface area contributed by atoms with Gasteiger partial charge < -0.3 is 9.87 Å². The Morgan fingerprint density at radius 3 is 2.73 bits per heavy atom. The normalized spacial score (nSPS) is 21.7. The Balaban J connectivity index is 1.81. The van der Waals surface area contributed by atoms with Crippen molar-refractivity contribution in [3.8, 4) is 0 Å². The molecule has 0 radical (unpaired) electrons.